The molecule has 66 valence electrons. The lowest BCUT2D eigenvalue weighted by Gasteiger charge is -1.99. The van der Waals surface area contributed by atoms with Gasteiger partial charge in [0.15, 0.2) is 0 Å². The second-order valence-corrected chi connectivity index (χ2v) is 4.35. The molecule has 11 heavy (non-hydrogen) atoms. The Morgan fingerprint density at radius 3 is 2.55 bits per heavy atom. The molecule has 0 fully saturated rings. The van der Waals surface area contributed by atoms with Crippen molar-refractivity contribution in [3.05, 3.63) is 12.7 Å². The fourth-order valence-corrected chi connectivity index (χ4v) is 1.47. The molecule has 3 nitrogen and oxygen atoms in total. The molecule has 0 unspecified atom stereocenters. The van der Waals surface area contributed by atoms with Gasteiger partial charge in [-0.2, -0.15) is 0 Å². The minimum Gasteiger partial charge on any atom is -0.218 e. The van der Waals surface area contributed by atoms with E-state index in [4.69, 9.17) is 0 Å². The third kappa shape index (κ3) is 6.06. The molecule has 0 amide bonds. The Kier molecular flexibility index (Phi) is 5.15. The zero-order valence-electron chi connectivity index (χ0n) is 6.84. The summed E-state index contributed by atoms with van der Waals surface area (Å²) in [5, 5.41) is 0. The number of hydrogen-bond donors (Lipinski definition) is 1. The molecule has 4 heteroatoms. The van der Waals surface area contributed by atoms with Gasteiger partial charge in [0.1, 0.15) is 0 Å². The molecule has 0 saturated carbocycles. The summed E-state index contributed by atoms with van der Waals surface area (Å²) in [4.78, 5) is 0. The molecule has 0 atom stereocenters. The first kappa shape index (κ1) is 10.7. The van der Waals surface area contributed by atoms with Gasteiger partial charge in [-0.1, -0.05) is 6.08 Å². The molecule has 0 aromatic rings. The fraction of sp³-hybridized carbons (Fsp3) is 0.714. The minimum absolute atomic E-state index is 0.220. The molecular weight excluding hydrogens is 162 g/mol. The number of hydrogen-bond acceptors (Lipinski definition) is 2. The molecule has 0 aromatic carbocycles. The van der Waals surface area contributed by atoms with Crippen LogP contribution < -0.4 is 4.72 Å². The van der Waals surface area contributed by atoms with Crippen LogP contribution in [0.4, 0.5) is 0 Å². The van der Waals surface area contributed by atoms with Gasteiger partial charge in [0, 0.05) is 0 Å². The number of unbranched alkanes of at least 4 members (excludes halogenated alkanes) is 2. The van der Waals surface area contributed by atoms with Gasteiger partial charge in [-0.15, -0.1) is 6.58 Å². The van der Waals surface area contributed by atoms with Crippen molar-refractivity contribution in [1.29, 1.82) is 0 Å². The van der Waals surface area contributed by atoms with E-state index in [1.807, 2.05) is 0 Å². The van der Waals surface area contributed by atoms with E-state index < -0.39 is 10.0 Å². The molecule has 0 aliphatic heterocycles. The summed E-state index contributed by atoms with van der Waals surface area (Å²) >= 11 is 0. The first-order chi connectivity index (χ1) is 5.12. The van der Waals surface area contributed by atoms with Crippen LogP contribution in [0.2, 0.25) is 0 Å². The quantitative estimate of drug-likeness (QED) is 0.484. The highest BCUT2D eigenvalue weighted by Crippen LogP contribution is 1.97. The summed E-state index contributed by atoms with van der Waals surface area (Å²) in [5.41, 5.74) is 0. The minimum atomic E-state index is -2.98. The summed E-state index contributed by atoms with van der Waals surface area (Å²) < 4.78 is 23.9. The van der Waals surface area contributed by atoms with Crippen LogP contribution in [-0.2, 0) is 10.0 Å². The van der Waals surface area contributed by atoms with Crippen molar-refractivity contribution in [2.24, 2.45) is 0 Å². The SMILES string of the molecule is C=CCCCCS(=O)(=O)NC. The van der Waals surface area contributed by atoms with Gasteiger partial charge in [0.2, 0.25) is 10.0 Å². The van der Waals surface area contributed by atoms with E-state index in [-0.39, 0.29) is 5.75 Å². The van der Waals surface area contributed by atoms with Crippen molar-refractivity contribution in [2.75, 3.05) is 12.8 Å². The maximum Gasteiger partial charge on any atom is 0.211 e. The third-order valence-electron chi connectivity index (χ3n) is 1.38. The van der Waals surface area contributed by atoms with Crippen molar-refractivity contribution >= 4 is 10.0 Å². The Morgan fingerprint density at radius 1 is 1.45 bits per heavy atom. The van der Waals surface area contributed by atoms with E-state index in [0.717, 1.165) is 12.8 Å². The molecule has 0 aliphatic carbocycles. The lowest BCUT2D eigenvalue weighted by Crippen LogP contribution is -2.21. The van der Waals surface area contributed by atoms with Crippen LogP contribution in [0.5, 0.6) is 0 Å². The van der Waals surface area contributed by atoms with Crippen molar-refractivity contribution < 1.29 is 8.42 Å². The highest BCUT2D eigenvalue weighted by Gasteiger charge is 2.04. The zero-order chi connectivity index (χ0) is 8.74. The van der Waals surface area contributed by atoms with Gasteiger partial charge in [0.25, 0.3) is 0 Å². The second kappa shape index (κ2) is 5.32. The van der Waals surface area contributed by atoms with Crippen molar-refractivity contribution in [1.82, 2.24) is 4.72 Å². The van der Waals surface area contributed by atoms with Crippen LogP contribution in [0.25, 0.3) is 0 Å². The van der Waals surface area contributed by atoms with Gasteiger partial charge in [-0.25, -0.2) is 13.1 Å². The van der Waals surface area contributed by atoms with Gasteiger partial charge < -0.3 is 0 Å². The molecule has 1 N–H and O–H groups in total. The fourth-order valence-electron chi connectivity index (χ4n) is 0.683. The largest absolute Gasteiger partial charge is 0.218 e. The number of sulfonamides is 1. The van der Waals surface area contributed by atoms with Crippen LogP contribution in [-0.4, -0.2) is 21.2 Å². The van der Waals surface area contributed by atoms with Gasteiger partial charge in [-0.05, 0) is 26.3 Å². The molecule has 0 saturated heterocycles. The average molecular weight is 177 g/mol. The Bertz CT molecular complexity index is 196. The van der Waals surface area contributed by atoms with E-state index in [0.29, 0.717) is 6.42 Å². The summed E-state index contributed by atoms with van der Waals surface area (Å²) in [5.74, 6) is 0.220. The zero-order valence-corrected chi connectivity index (χ0v) is 7.65. The summed E-state index contributed by atoms with van der Waals surface area (Å²) in [6, 6.07) is 0. The van der Waals surface area contributed by atoms with E-state index in [1.165, 1.54) is 7.05 Å². The van der Waals surface area contributed by atoms with Crippen molar-refractivity contribution in [3.63, 3.8) is 0 Å². The van der Waals surface area contributed by atoms with Gasteiger partial charge >= 0.3 is 0 Å². The number of nitrogens with one attached hydrogen (secondary N) is 1. The Balaban J connectivity index is 3.46. The molecule has 0 bridgehead atoms. The van der Waals surface area contributed by atoms with Crippen LogP contribution in [0.1, 0.15) is 19.3 Å². The summed E-state index contributed by atoms with van der Waals surface area (Å²) in [6.07, 6.45) is 4.28. The first-order valence-electron chi connectivity index (χ1n) is 3.64. The lowest BCUT2D eigenvalue weighted by molar-refractivity contribution is 0.584. The highest BCUT2D eigenvalue weighted by molar-refractivity contribution is 7.89. The molecule has 0 rings (SSSR count). The summed E-state index contributed by atoms with van der Waals surface area (Å²) in [7, 11) is -1.55. The molecule has 0 heterocycles. The predicted octanol–water partition coefficient (Wildman–Crippen LogP) is 0.892. The smallest absolute Gasteiger partial charge is 0.211 e. The van der Waals surface area contributed by atoms with E-state index in [2.05, 4.69) is 11.3 Å². The van der Waals surface area contributed by atoms with Crippen LogP contribution >= 0.6 is 0 Å². The molecule has 0 aromatic heterocycles. The van der Waals surface area contributed by atoms with Crippen molar-refractivity contribution in [3.8, 4) is 0 Å². The molecule has 0 radical (unpaired) electrons. The normalized spacial score (nSPS) is 11.4. The van der Waals surface area contributed by atoms with Crippen LogP contribution in [0, 0.1) is 0 Å². The third-order valence-corrected chi connectivity index (χ3v) is 2.83. The monoisotopic (exact) mass is 177 g/mol. The van der Waals surface area contributed by atoms with E-state index >= 15 is 0 Å². The molecule has 0 aliphatic rings. The van der Waals surface area contributed by atoms with Gasteiger partial charge in [0.05, 0.1) is 5.75 Å². The standard InChI is InChI=1S/C7H15NO2S/c1-3-4-5-6-7-11(9,10)8-2/h3,8H,1,4-7H2,2H3. The van der Waals surface area contributed by atoms with E-state index in [1.54, 1.807) is 6.08 Å². The number of allylic oxidation sites excluding steroid dienone is 1. The lowest BCUT2D eigenvalue weighted by atomic mass is 10.2. The summed E-state index contributed by atoms with van der Waals surface area (Å²) in [6.45, 7) is 3.55. The highest BCUT2D eigenvalue weighted by atomic mass is 32.2. The molecular formula is C7H15NO2S. The van der Waals surface area contributed by atoms with Crippen molar-refractivity contribution in [2.45, 2.75) is 19.3 Å². The predicted molar refractivity (Wildman–Crippen MR) is 46.9 cm³/mol. The first-order valence-corrected chi connectivity index (χ1v) is 5.29. The average Bonchev–Trinajstić information content (AvgIpc) is 1.99. The van der Waals surface area contributed by atoms with Crippen LogP contribution in [0.15, 0.2) is 12.7 Å². The topological polar surface area (TPSA) is 46.2 Å². The second-order valence-electron chi connectivity index (χ2n) is 2.31. The molecule has 0 spiro atoms. The maximum atomic E-state index is 10.8. The van der Waals surface area contributed by atoms with Gasteiger partial charge in [-0.3, -0.25) is 0 Å². The Labute approximate surface area is 68.5 Å². The van der Waals surface area contributed by atoms with E-state index in [9.17, 15) is 8.42 Å². The van der Waals surface area contributed by atoms with Crippen LogP contribution in [0.3, 0.4) is 0 Å². The number of rotatable bonds is 6. The Morgan fingerprint density at radius 2 is 2.09 bits per heavy atom. The maximum absolute atomic E-state index is 10.8. The Hall–Kier alpha value is -0.350.